The fourth-order valence-electron chi connectivity index (χ4n) is 1.87. The van der Waals surface area contributed by atoms with E-state index in [9.17, 15) is 4.79 Å². The van der Waals surface area contributed by atoms with Crippen LogP contribution in [0.1, 0.15) is 40.2 Å². The summed E-state index contributed by atoms with van der Waals surface area (Å²) in [5, 5.41) is 13.6. The molecule has 1 heterocycles. The molecule has 0 aliphatic carbocycles. The van der Waals surface area contributed by atoms with E-state index >= 15 is 0 Å². The van der Waals surface area contributed by atoms with Gasteiger partial charge in [0.05, 0.1) is 17.5 Å². The molecular formula is C17H17NO2S. The Labute approximate surface area is 128 Å². The predicted octanol–water partition coefficient (Wildman–Crippen LogP) is 2.97. The Morgan fingerprint density at radius 3 is 2.95 bits per heavy atom. The van der Waals surface area contributed by atoms with Gasteiger partial charge in [-0.1, -0.05) is 30.0 Å². The second-order valence-corrected chi connectivity index (χ2v) is 5.52. The molecule has 0 saturated heterocycles. The molecule has 1 amide bonds. The van der Waals surface area contributed by atoms with E-state index in [0.29, 0.717) is 11.3 Å². The van der Waals surface area contributed by atoms with Gasteiger partial charge < -0.3 is 10.4 Å². The van der Waals surface area contributed by atoms with E-state index < -0.39 is 0 Å². The summed E-state index contributed by atoms with van der Waals surface area (Å²) in [6.07, 6.45) is 0.467. The van der Waals surface area contributed by atoms with Crippen molar-refractivity contribution in [3.8, 4) is 11.8 Å². The molecule has 2 rings (SSSR count). The smallest absolute Gasteiger partial charge is 0.261 e. The zero-order valence-electron chi connectivity index (χ0n) is 11.8. The van der Waals surface area contributed by atoms with Crippen molar-refractivity contribution in [1.82, 2.24) is 5.32 Å². The number of hydrogen-bond donors (Lipinski definition) is 2. The van der Waals surface area contributed by atoms with Crippen LogP contribution in [0, 0.1) is 11.8 Å². The lowest BCUT2D eigenvalue weighted by atomic mass is 10.1. The van der Waals surface area contributed by atoms with Crippen molar-refractivity contribution in [2.45, 2.75) is 19.4 Å². The average molecular weight is 299 g/mol. The van der Waals surface area contributed by atoms with Crippen molar-refractivity contribution in [1.29, 1.82) is 0 Å². The van der Waals surface area contributed by atoms with Crippen LogP contribution in [0.25, 0.3) is 0 Å². The fourth-order valence-corrected chi connectivity index (χ4v) is 2.49. The monoisotopic (exact) mass is 299 g/mol. The molecule has 3 nitrogen and oxygen atoms in total. The highest BCUT2D eigenvalue weighted by atomic mass is 32.1. The number of carbonyl (C=O) groups excluding carboxylic acids is 1. The zero-order chi connectivity index (χ0) is 15.1. The number of benzene rings is 1. The molecule has 2 aromatic rings. The van der Waals surface area contributed by atoms with Crippen LogP contribution >= 0.6 is 11.3 Å². The summed E-state index contributed by atoms with van der Waals surface area (Å²) < 4.78 is 0. The molecule has 1 unspecified atom stereocenters. The van der Waals surface area contributed by atoms with Crippen LogP contribution in [-0.4, -0.2) is 17.6 Å². The van der Waals surface area contributed by atoms with Crippen molar-refractivity contribution in [2.75, 3.05) is 6.61 Å². The zero-order valence-corrected chi connectivity index (χ0v) is 12.6. The molecule has 21 heavy (non-hydrogen) atoms. The number of rotatable bonds is 4. The van der Waals surface area contributed by atoms with Crippen molar-refractivity contribution in [3.63, 3.8) is 0 Å². The first-order valence-corrected chi connectivity index (χ1v) is 7.62. The normalized spacial score (nSPS) is 11.3. The van der Waals surface area contributed by atoms with Gasteiger partial charge in [-0.05, 0) is 36.1 Å². The molecular weight excluding hydrogens is 282 g/mol. The maximum absolute atomic E-state index is 12.0. The molecule has 1 aromatic carbocycles. The van der Waals surface area contributed by atoms with E-state index in [0.717, 1.165) is 11.1 Å². The Hall–Kier alpha value is -2.09. The molecule has 4 heteroatoms. The summed E-state index contributed by atoms with van der Waals surface area (Å²) in [5.41, 5.74) is 1.90. The van der Waals surface area contributed by atoms with Crippen LogP contribution in [0.4, 0.5) is 0 Å². The van der Waals surface area contributed by atoms with Gasteiger partial charge in [0.1, 0.15) is 0 Å². The van der Waals surface area contributed by atoms with E-state index in [-0.39, 0.29) is 18.6 Å². The third-order valence-electron chi connectivity index (χ3n) is 2.95. The molecule has 2 N–H and O–H groups in total. The van der Waals surface area contributed by atoms with Gasteiger partial charge >= 0.3 is 0 Å². The summed E-state index contributed by atoms with van der Waals surface area (Å²) in [7, 11) is 0. The van der Waals surface area contributed by atoms with Gasteiger partial charge in [-0.3, -0.25) is 4.79 Å². The Kier molecular flexibility index (Phi) is 5.56. The number of amides is 1. The number of aliphatic hydroxyl groups is 1. The largest absolute Gasteiger partial charge is 0.395 e. The fraction of sp³-hybridized carbons (Fsp3) is 0.235. The highest BCUT2D eigenvalue weighted by molar-refractivity contribution is 7.12. The van der Waals surface area contributed by atoms with Crippen LogP contribution in [0.3, 0.4) is 0 Å². The maximum Gasteiger partial charge on any atom is 0.261 e. The summed E-state index contributed by atoms with van der Waals surface area (Å²) in [6, 6.07) is 11.4. The average Bonchev–Trinajstić information content (AvgIpc) is 3.02. The third-order valence-corrected chi connectivity index (χ3v) is 3.82. The van der Waals surface area contributed by atoms with Crippen LogP contribution in [0.15, 0.2) is 41.8 Å². The minimum atomic E-state index is -0.0841. The second-order valence-electron chi connectivity index (χ2n) is 4.57. The lowest BCUT2D eigenvalue weighted by molar-refractivity contribution is 0.0944. The molecule has 0 bridgehead atoms. The predicted molar refractivity (Wildman–Crippen MR) is 85.2 cm³/mol. The Morgan fingerprint density at radius 2 is 2.24 bits per heavy atom. The molecule has 0 saturated carbocycles. The van der Waals surface area contributed by atoms with Crippen LogP contribution in [0.2, 0.25) is 0 Å². The second kappa shape index (κ2) is 7.63. The summed E-state index contributed by atoms with van der Waals surface area (Å²) in [4.78, 5) is 12.7. The number of carbonyl (C=O) groups is 1. The first kappa shape index (κ1) is 15.3. The molecule has 108 valence electrons. The lowest BCUT2D eigenvalue weighted by Gasteiger charge is -2.14. The Bertz CT molecular complexity index is 653. The van der Waals surface area contributed by atoms with Crippen LogP contribution < -0.4 is 5.32 Å². The molecule has 0 aliphatic heterocycles. The first-order chi connectivity index (χ1) is 10.2. The minimum Gasteiger partial charge on any atom is -0.395 e. The van der Waals surface area contributed by atoms with Gasteiger partial charge in [0.15, 0.2) is 0 Å². The number of thiophene rings is 1. The maximum atomic E-state index is 12.0. The van der Waals surface area contributed by atoms with E-state index in [1.54, 1.807) is 0 Å². The summed E-state index contributed by atoms with van der Waals surface area (Å²) in [5.74, 6) is 5.84. The number of aliphatic hydroxyl groups excluding tert-OH is 1. The quantitative estimate of drug-likeness (QED) is 0.853. The third kappa shape index (κ3) is 4.45. The highest BCUT2D eigenvalue weighted by Crippen LogP contribution is 2.16. The number of hydrogen-bond acceptors (Lipinski definition) is 3. The molecule has 1 atom stereocenters. The first-order valence-electron chi connectivity index (χ1n) is 6.75. The topological polar surface area (TPSA) is 49.3 Å². The van der Waals surface area contributed by atoms with Gasteiger partial charge in [0.2, 0.25) is 0 Å². The van der Waals surface area contributed by atoms with Crippen molar-refractivity contribution < 1.29 is 9.90 Å². The van der Waals surface area contributed by atoms with Crippen LogP contribution in [-0.2, 0) is 0 Å². The number of nitrogens with one attached hydrogen (secondary N) is 1. The molecule has 1 aromatic heterocycles. The van der Waals surface area contributed by atoms with Crippen molar-refractivity contribution in [3.05, 3.63) is 57.8 Å². The minimum absolute atomic E-state index is 0.0609. The van der Waals surface area contributed by atoms with Crippen molar-refractivity contribution >= 4 is 17.2 Å². The van der Waals surface area contributed by atoms with E-state index in [2.05, 4.69) is 17.2 Å². The SMILES string of the molecule is CC(NC(=O)c1cccs1)c1cccc(C#CCCO)c1. The van der Waals surface area contributed by atoms with Gasteiger partial charge in [-0.15, -0.1) is 11.3 Å². The lowest BCUT2D eigenvalue weighted by Crippen LogP contribution is -2.25. The van der Waals surface area contributed by atoms with Gasteiger partial charge in [-0.25, -0.2) is 0 Å². The Balaban J connectivity index is 2.06. The summed E-state index contributed by atoms with van der Waals surface area (Å²) in [6.45, 7) is 2.02. The summed E-state index contributed by atoms with van der Waals surface area (Å²) >= 11 is 1.43. The molecule has 0 radical (unpaired) electrons. The Morgan fingerprint density at radius 1 is 1.38 bits per heavy atom. The van der Waals surface area contributed by atoms with Crippen LogP contribution in [0.5, 0.6) is 0 Å². The molecule has 0 fully saturated rings. The van der Waals surface area contributed by atoms with Crippen molar-refractivity contribution in [2.24, 2.45) is 0 Å². The van der Waals surface area contributed by atoms with Gasteiger partial charge in [0.25, 0.3) is 5.91 Å². The van der Waals surface area contributed by atoms with Gasteiger partial charge in [0, 0.05) is 12.0 Å². The van der Waals surface area contributed by atoms with Gasteiger partial charge in [-0.2, -0.15) is 0 Å². The molecule has 0 aliphatic rings. The van der Waals surface area contributed by atoms with E-state index in [1.807, 2.05) is 48.7 Å². The van der Waals surface area contributed by atoms with E-state index in [1.165, 1.54) is 11.3 Å². The molecule has 0 spiro atoms. The van der Waals surface area contributed by atoms with E-state index in [4.69, 9.17) is 5.11 Å². The standard InChI is InChI=1S/C17H17NO2S/c1-13(18-17(20)16-9-5-11-21-16)15-8-4-7-14(12-15)6-2-3-10-19/h4-5,7-9,11-13,19H,3,10H2,1H3,(H,18,20). The highest BCUT2D eigenvalue weighted by Gasteiger charge is 2.12.